The first-order chi connectivity index (χ1) is 10.6. The van der Waals surface area contributed by atoms with E-state index in [-0.39, 0.29) is 6.04 Å². The molecule has 0 aromatic heterocycles. The zero-order valence-corrected chi connectivity index (χ0v) is 13.8. The molecule has 0 bridgehead atoms. The molecule has 2 aliphatic rings. The number of halogens is 2. The number of aryl methyl sites for hydroxylation is 1. The Kier molecular flexibility index (Phi) is 3.43. The minimum Gasteiger partial charge on any atom is -0.378 e. The van der Waals surface area contributed by atoms with Crippen LogP contribution in [0.5, 0.6) is 0 Å². The molecule has 0 amide bonds. The highest BCUT2D eigenvalue weighted by Crippen LogP contribution is 2.50. The standard InChI is InChI=1S/C19H17Cl2N/c1-11-5-8-18-16(9-11)13-3-2-4-14(13)19(22-18)15-7-6-12(20)10-17(15)21/h2-3,5-10,13-14,19,22H,4H2,1H3/t13-,14+,19-/m1/s1. The Bertz CT molecular complexity index is 766. The quantitative estimate of drug-likeness (QED) is 0.620. The van der Waals surface area contributed by atoms with Gasteiger partial charge in [0, 0.05) is 21.7 Å². The van der Waals surface area contributed by atoms with Gasteiger partial charge in [0.25, 0.3) is 0 Å². The van der Waals surface area contributed by atoms with E-state index in [1.165, 1.54) is 16.8 Å². The lowest BCUT2D eigenvalue weighted by Crippen LogP contribution is -2.29. The van der Waals surface area contributed by atoms with E-state index in [0.29, 0.717) is 16.9 Å². The van der Waals surface area contributed by atoms with Gasteiger partial charge < -0.3 is 5.32 Å². The summed E-state index contributed by atoms with van der Waals surface area (Å²) in [5.74, 6) is 0.973. The third kappa shape index (κ3) is 2.24. The number of fused-ring (bicyclic) bond motifs is 3. The second-order valence-corrected chi connectivity index (χ2v) is 7.08. The van der Waals surface area contributed by atoms with E-state index >= 15 is 0 Å². The number of hydrogen-bond donors (Lipinski definition) is 1. The summed E-state index contributed by atoms with van der Waals surface area (Å²) in [5, 5.41) is 5.13. The Morgan fingerprint density at radius 2 is 1.91 bits per heavy atom. The summed E-state index contributed by atoms with van der Waals surface area (Å²) in [6.45, 7) is 2.15. The van der Waals surface area contributed by atoms with Gasteiger partial charge >= 0.3 is 0 Å². The molecule has 4 rings (SSSR count). The highest BCUT2D eigenvalue weighted by atomic mass is 35.5. The van der Waals surface area contributed by atoms with E-state index in [9.17, 15) is 0 Å². The van der Waals surface area contributed by atoms with Gasteiger partial charge in [0.2, 0.25) is 0 Å². The molecule has 1 aliphatic heterocycles. The van der Waals surface area contributed by atoms with Crippen LogP contribution >= 0.6 is 23.2 Å². The zero-order chi connectivity index (χ0) is 15.3. The number of hydrogen-bond acceptors (Lipinski definition) is 1. The van der Waals surface area contributed by atoms with Crippen LogP contribution in [0.25, 0.3) is 0 Å². The molecule has 2 aromatic rings. The van der Waals surface area contributed by atoms with E-state index in [4.69, 9.17) is 23.2 Å². The molecule has 1 aliphatic carbocycles. The Hall–Kier alpha value is -1.44. The number of benzene rings is 2. The van der Waals surface area contributed by atoms with Gasteiger partial charge in [-0.25, -0.2) is 0 Å². The largest absolute Gasteiger partial charge is 0.378 e. The van der Waals surface area contributed by atoms with Gasteiger partial charge in [-0.1, -0.05) is 59.1 Å². The van der Waals surface area contributed by atoms with Crippen LogP contribution in [0.15, 0.2) is 48.6 Å². The average molecular weight is 330 g/mol. The molecule has 0 saturated heterocycles. The van der Waals surface area contributed by atoms with Crippen LogP contribution in [0, 0.1) is 12.8 Å². The minimum atomic E-state index is 0.222. The first-order valence-electron chi connectivity index (χ1n) is 7.62. The maximum absolute atomic E-state index is 6.46. The van der Waals surface area contributed by atoms with Crippen LogP contribution in [0.1, 0.15) is 35.1 Å². The third-order valence-corrected chi connectivity index (χ3v) is 5.38. The second-order valence-electron chi connectivity index (χ2n) is 6.23. The van der Waals surface area contributed by atoms with Gasteiger partial charge in [-0.2, -0.15) is 0 Å². The molecule has 0 radical (unpaired) electrons. The number of rotatable bonds is 1. The van der Waals surface area contributed by atoms with E-state index in [0.717, 1.165) is 17.0 Å². The van der Waals surface area contributed by atoms with Gasteiger partial charge in [0.1, 0.15) is 0 Å². The van der Waals surface area contributed by atoms with Crippen molar-refractivity contribution in [2.45, 2.75) is 25.3 Å². The van der Waals surface area contributed by atoms with Crippen molar-refractivity contribution in [2.75, 3.05) is 5.32 Å². The maximum atomic E-state index is 6.46. The lowest BCUT2D eigenvalue weighted by atomic mass is 9.76. The molecule has 1 nitrogen and oxygen atoms in total. The van der Waals surface area contributed by atoms with Crippen molar-refractivity contribution in [1.82, 2.24) is 0 Å². The van der Waals surface area contributed by atoms with Gasteiger partial charge in [-0.3, -0.25) is 0 Å². The molecule has 112 valence electrons. The van der Waals surface area contributed by atoms with Gasteiger partial charge in [-0.15, -0.1) is 0 Å². The Labute approximate surface area is 140 Å². The van der Waals surface area contributed by atoms with Gasteiger partial charge in [0.05, 0.1) is 6.04 Å². The zero-order valence-electron chi connectivity index (χ0n) is 12.3. The lowest BCUT2D eigenvalue weighted by Gasteiger charge is -2.38. The summed E-state index contributed by atoms with van der Waals surface area (Å²) in [6.07, 6.45) is 5.72. The van der Waals surface area contributed by atoms with E-state index in [1.807, 2.05) is 12.1 Å². The van der Waals surface area contributed by atoms with E-state index in [2.05, 4.69) is 48.7 Å². The minimum absolute atomic E-state index is 0.222. The third-order valence-electron chi connectivity index (χ3n) is 4.82. The van der Waals surface area contributed by atoms with Crippen LogP contribution in [0.4, 0.5) is 5.69 Å². The predicted molar refractivity (Wildman–Crippen MR) is 94.0 cm³/mol. The van der Waals surface area contributed by atoms with Crippen molar-refractivity contribution in [3.8, 4) is 0 Å². The van der Waals surface area contributed by atoms with Crippen LogP contribution in [0.2, 0.25) is 10.0 Å². The fourth-order valence-electron chi connectivity index (χ4n) is 3.78. The molecule has 3 heteroatoms. The molecule has 1 N–H and O–H groups in total. The Morgan fingerprint density at radius 1 is 1.05 bits per heavy atom. The normalized spacial score (nSPS) is 25.5. The molecular formula is C19H17Cl2N. The van der Waals surface area contributed by atoms with Crippen LogP contribution < -0.4 is 5.32 Å². The Balaban J connectivity index is 1.81. The van der Waals surface area contributed by atoms with Crippen molar-refractivity contribution in [2.24, 2.45) is 5.92 Å². The summed E-state index contributed by atoms with van der Waals surface area (Å²) in [4.78, 5) is 0. The van der Waals surface area contributed by atoms with Crippen molar-refractivity contribution in [1.29, 1.82) is 0 Å². The molecule has 0 unspecified atom stereocenters. The molecule has 2 aromatic carbocycles. The van der Waals surface area contributed by atoms with Crippen LogP contribution in [-0.2, 0) is 0 Å². The van der Waals surface area contributed by atoms with Crippen LogP contribution in [0.3, 0.4) is 0 Å². The van der Waals surface area contributed by atoms with Crippen molar-refractivity contribution < 1.29 is 0 Å². The summed E-state index contributed by atoms with van der Waals surface area (Å²) in [5.41, 5.74) is 5.06. The van der Waals surface area contributed by atoms with Gasteiger partial charge in [0.15, 0.2) is 0 Å². The summed E-state index contributed by atoms with van der Waals surface area (Å²) >= 11 is 12.5. The topological polar surface area (TPSA) is 12.0 Å². The second kappa shape index (κ2) is 5.33. The van der Waals surface area contributed by atoms with E-state index in [1.54, 1.807) is 0 Å². The molecule has 0 saturated carbocycles. The fraction of sp³-hybridized carbons (Fsp3) is 0.263. The first-order valence-corrected chi connectivity index (χ1v) is 8.38. The molecule has 1 heterocycles. The molecule has 0 spiro atoms. The summed E-state index contributed by atoms with van der Waals surface area (Å²) in [7, 11) is 0. The highest BCUT2D eigenvalue weighted by Gasteiger charge is 2.38. The number of allylic oxidation sites excluding steroid dienone is 2. The monoisotopic (exact) mass is 329 g/mol. The maximum Gasteiger partial charge on any atom is 0.0568 e. The molecule has 0 fully saturated rings. The summed E-state index contributed by atoms with van der Waals surface area (Å²) in [6, 6.07) is 12.7. The average Bonchev–Trinajstić information content (AvgIpc) is 2.97. The van der Waals surface area contributed by atoms with Crippen molar-refractivity contribution >= 4 is 28.9 Å². The molecule has 3 atom stereocenters. The van der Waals surface area contributed by atoms with Gasteiger partial charge in [-0.05, 0) is 48.6 Å². The fourth-order valence-corrected chi connectivity index (χ4v) is 4.30. The van der Waals surface area contributed by atoms with Crippen LogP contribution in [-0.4, -0.2) is 0 Å². The first kappa shape index (κ1) is 14.2. The Morgan fingerprint density at radius 3 is 2.73 bits per heavy atom. The van der Waals surface area contributed by atoms with Crippen molar-refractivity contribution in [3.63, 3.8) is 0 Å². The number of anilines is 1. The van der Waals surface area contributed by atoms with E-state index < -0.39 is 0 Å². The number of nitrogens with one attached hydrogen (secondary N) is 1. The summed E-state index contributed by atoms with van der Waals surface area (Å²) < 4.78 is 0. The highest BCUT2D eigenvalue weighted by molar-refractivity contribution is 6.35. The predicted octanol–water partition coefficient (Wildman–Crippen LogP) is 6.13. The molecule has 22 heavy (non-hydrogen) atoms. The molecular weight excluding hydrogens is 313 g/mol. The smallest absolute Gasteiger partial charge is 0.0568 e. The lowest BCUT2D eigenvalue weighted by molar-refractivity contribution is 0.425. The van der Waals surface area contributed by atoms with Crippen molar-refractivity contribution in [3.05, 3.63) is 75.3 Å². The SMILES string of the molecule is Cc1ccc2c(c1)[C@@H]1C=CC[C@@H]1[C@H](c1ccc(Cl)cc1Cl)N2.